The first-order chi connectivity index (χ1) is 11.9. The van der Waals surface area contributed by atoms with E-state index in [2.05, 4.69) is 19.8 Å². The van der Waals surface area contributed by atoms with Gasteiger partial charge in [-0.2, -0.15) is 4.98 Å². The van der Waals surface area contributed by atoms with Gasteiger partial charge in [0, 0.05) is 17.8 Å². The van der Waals surface area contributed by atoms with Crippen molar-refractivity contribution in [3.63, 3.8) is 0 Å². The van der Waals surface area contributed by atoms with Crippen LogP contribution < -0.4 is 4.72 Å². The van der Waals surface area contributed by atoms with Gasteiger partial charge in [0.1, 0.15) is 0 Å². The van der Waals surface area contributed by atoms with E-state index in [0.29, 0.717) is 5.89 Å². The molecule has 0 aliphatic carbocycles. The molecule has 0 saturated carbocycles. The van der Waals surface area contributed by atoms with Crippen molar-refractivity contribution in [2.75, 3.05) is 0 Å². The Hall–Kier alpha value is -2.52. The molecule has 1 aromatic carbocycles. The second kappa shape index (κ2) is 6.77. The highest BCUT2D eigenvalue weighted by Crippen LogP contribution is 2.21. The van der Waals surface area contributed by atoms with Crippen LogP contribution in [0.2, 0.25) is 0 Å². The molecule has 9 heteroatoms. The van der Waals surface area contributed by atoms with Crippen molar-refractivity contribution >= 4 is 10.0 Å². The monoisotopic (exact) mass is 361 g/mol. The molecule has 3 rings (SSSR count). The van der Waals surface area contributed by atoms with Crippen molar-refractivity contribution in [3.05, 3.63) is 48.2 Å². The Morgan fingerprint density at radius 1 is 1.28 bits per heavy atom. The molecular formula is C16H19N5O3S. The third kappa shape index (κ3) is 3.77. The van der Waals surface area contributed by atoms with Gasteiger partial charge in [0.25, 0.3) is 15.9 Å². The van der Waals surface area contributed by atoms with Crippen LogP contribution in [0.1, 0.15) is 31.3 Å². The standard InChI is InChI=1S/C16H19N5O3S/c1-11(2)21-9-15(17-10-21)25(22,23)18-8-14-19-16(24-20-14)13-7-5-4-6-12(13)3/h4-7,9-11,18H,8H2,1-3H3. The van der Waals surface area contributed by atoms with E-state index in [-0.39, 0.29) is 23.4 Å². The molecule has 0 unspecified atom stereocenters. The van der Waals surface area contributed by atoms with Crippen molar-refractivity contribution in [1.29, 1.82) is 0 Å². The van der Waals surface area contributed by atoms with E-state index in [0.717, 1.165) is 11.1 Å². The number of imidazole rings is 1. The zero-order valence-corrected chi connectivity index (χ0v) is 15.0. The molecule has 0 aliphatic rings. The summed E-state index contributed by atoms with van der Waals surface area (Å²) >= 11 is 0. The fourth-order valence-electron chi connectivity index (χ4n) is 2.22. The van der Waals surface area contributed by atoms with Gasteiger partial charge in [0.15, 0.2) is 10.9 Å². The first-order valence-electron chi connectivity index (χ1n) is 7.78. The van der Waals surface area contributed by atoms with Gasteiger partial charge in [0.05, 0.1) is 12.9 Å². The highest BCUT2D eigenvalue weighted by atomic mass is 32.2. The molecule has 8 nitrogen and oxygen atoms in total. The summed E-state index contributed by atoms with van der Waals surface area (Å²) in [5.74, 6) is 0.613. The molecule has 0 saturated heterocycles. The van der Waals surface area contributed by atoms with Crippen molar-refractivity contribution in [3.8, 4) is 11.5 Å². The lowest BCUT2D eigenvalue weighted by molar-refractivity contribution is 0.421. The van der Waals surface area contributed by atoms with Crippen LogP contribution in [0.3, 0.4) is 0 Å². The fourth-order valence-corrected chi connectivity index (χ4v) is 3.13. The van der Waals surface area contributed by atoms with E-state index in [1.807, 2.05) is 45.0 Å². The number of nitrogens with one attached hydrogen (secondary N) is 1. The van der Waals surface area contributed by atoms with Crippen molar-refractivity contribution in [2.24, 2.45) is 0 Å². The third-order valence-corrected chi connectivity index (χ3v) is 5.00. The number of rotatable bonds is 6. The van der Waals surface area contributed by atoms with E-state index < -0.39 is 10.0 Å². The van der Waals surface area contributed by atoms with Gasteiger partial charge in [-0.05, 0) is 32.4 Å². The summed E-state index contributed by atoms with van der Waals surface area (Å²) in [6.07, 6.45) is 2.98. The maximum atomic E-state index is 12.3. The van der Waals surface area contributed by atoms with Crippen LogP contribution in [0.25, 0.3) is 11.5 Å². The minimum atomic E-state index is -3.74. The number of hydrogen-bond donors (Lipinski definition) is 1. The predicted octanol–water partition coefficient (Wildman–Crippen LogP) is 2.30. The Kier molecular flexibility index (Phi) is 4.69. The van der Waals surface area contributed by atoms with Crippen LogP contribution >= 0.6 is 0 Å². The summed E-state index contributed by atoms with van der Waals surface area (Å²) in [6, 6.07) is 7.73. The van der Waals surface area contributed by atoms with Gasteiger partial charge >= 0.3 is 0 Å². The fraction of sp³-hybridized carbons (Fsp3) is 0.312. The minimum absolute atomic E-state index is 0.0381. The number of aromatic nitrogens is 4. The topological polar surface area (TPSA) is 103 Å². The molecular weight excluding hydrogens is 342 g/mol. The van der Waals surface area contributed by atoms with Crippen LogP contribution in [-0.2, 0) is 16.6 Å². The lowest BCUT2D eigenvalue weighted by Crippen LogP contribution is -2.24. The minimum Gasteiger partial charge on any atom is -0.334 e. The average molecular weight is 361 g/mol. The summed E-state index contributed by atoms with van der Waals surface area (Å²) in [5.41, 5.74) is 1.82. The SMILES string of the molecule is Cc1ccccc1-c1nc(CNS(=O)(=O)c2cn(C(C)C)cn2)no1. The van der Waals surface area contributed by atoms with Gasteiger partial charge in [0.2, 0.25) is 0 Å². The lowest BCUT2D eigenvalue weighted by atomic mass is 10.1. The van der Waals surface area contributed by atoms with Gasteiger partial charge in [-0.3, -0.25) is 0 Å². The summed E-state index contributed by atoms with van der Waals surface area (Å²) < 4.78 is 34.0. The van der Waals surface area contributed by atoms with Gasteiger partial charge < -0.3 is 9.09 Å². The van der Waals surface area contributed by atoms with Crippen LogP contribution in [0.4, 0.5) is 0 Å². The van der Waals surface area contributed by atoms with Crippen LogP contribution in [0.15, 0.2) is 46.3 Å². The number of sulfonamides is 1. The molecule has 3 aromatic rings. The Morgan fingerprint density at radius 2 is 2.04 bits per heavy atom. The first kappa shape index (κ1) is 17.3. The van der Waals surface area contributed by atoms with E-state index in [4.69, 9.17) is 4.52 Å². The Labute approximate surface area is 146 Å². The normalized spacial score (nSPS) is 12.0. The lowest BCUT2D eigenvalue weighted by Gasteiger charge is -2.04. The Bertz CT molecular complexity index is 975. The zero-order chi connectivity index (χ0) is 18.0. The van der Waals surface area contributed by atoms with Crippen LogP contribution in [0.5, 0.6) is 0 Å². The van der Waals surface area contributed by atoms with Crippen molar-refractivity contribution in [1.82, 2.24) is 24.4 Å². The number of nitrogens with zero attached hydrogens (tertiary/aromatic N) is 4. The summed E-state index contributed by atoms with van der Waals surface area (Å²) in [4.78, 5) is 8.18. The molecule has 0 fully saturated rings. The van der Waals surface area contributed by atoms with Crippen LogP contribution in [0, 0.1) is 6.92 Å². The van der Waals surface area contributed by atoms with Crippen molar-refractivity contribution in [2.45, 2.75) is 38.4 Å². The van der Waals surface area contributed by atoms with Crippen molar-refractivity contribution < 1.29 is 12.9 Å². The average Bonchev–Trinajstić information content (AvgIpc) is 3.23. The van der Waals surface area contributed by atoms with E-state index in [9.17, 15) is 8.42 Å². The molecule has 0 radical (unpaired) electrons. The van der Waals surface area contributed by atoms with Gasteiger partial charge in [-0.1, -0.05) is 23.4 Å². The van der Waals surface area contributed by atoms with E-state index in [1.54, 1.807) is 4.57 Å². The molecule has 132 valence electrons. The van der Waals surface area contributed by atoms with Gasteiger partial charge in [-0.25, -0.2) is 18.1 Å². The second-order valence-corrected chi connectivity index (χ2v) is 7.62. The molecule has 0 bridgehead atoms. The maximum Gasteiger partial charge on any atom is 0.259 e. The molecule has 25 heavy (non-hydrogen) atoms. The molecule has 0 aliphatic heterocycles. The molecule has 1 N–H and O–H groups in total. The van der Waals surface area contributed by atoms with Gasteiger partial charge in [-0.15, -0.1) is 0 Å². The predicted molar refractivity (Wildman–Crippen MR) is 91.1 cm³/mol. The molecule has 0 spiro atoms. The Morgan fingerprint density at radius 3 is 2.72 bits per heavy atom. The summed E-state index contributed by atoms with van der Waals surface area (Å²) in [6.45, 7) is 5.75. The van der Waals surface area contributed by atoms with Crippen LogP contribution in [-0.4, -0.2) is 28.1 Å². The number of aryl methyl sites for hydroxylation is 1. The first-order valence-corrected chi connectivity index (χ1v) is 9.27. The van der Waals surface area contributed by atoms with E-state index >= 15 is 0 Å². The zero-order valence-electron chi connectivity index (χ0n) is 14.2. The molecule has 0 atom stereocenters. The molecule has 2 heterocycles. The quantitative estimate of drug-likeness (QED) is 0.722. The number of hydrogen-bond acceptors (Lipinski definition) is 6. The second-order valence-electron chi connectivity index (χ2n) is 5.91. The molecule has 2 aromatic heterocycles. The molecule has 0 amide bonds. The largest absolute Gasteiger partial charge is 0.334 e. The highest BCUT2D eigenvalue weighted by molar-refractivity contribution is 7.89. The third-order valence-electron chi connectivity index (χ3n) is 3.71. The van der Waals surface area contributed by atoms with E-state index in [1.165, 1.54) is 12.5 Å². The number of benzene rings is 1. The highest BCUT2D eigenvalue weighted by Gasteiger charge is 2.19. The Balaban J connectivity index is 1.72. The maximum absolute atomic E-state index is 12.3. The summed E-state index contributed by atoms with van der Waals surface area (Å²) in [7, 11) is -3.74. The smallest absolute Gasteiger partial charge is 0.259 e. The summed E-state index contributed by atoms with van der Waals surface area (Å²) in [5, 5.41) is 3.79.